The van der Waals surface area contributed by atoms with Gasteiger partial charge in [-0.05, 0) is 58.0 Å². The zero-order valence-electron chi connectivity index (χ0n) is 18.4. The minimum absolute atomic E-state index is 0.396. The van der Waals surface area contributed by atoms with Gasteiger partial charge in [0, 0.05) is 26.9 Å². The van der Waals surface area contributed by atoms with E-state index in [9.17, 15) is 0 Å². The third-order valence-electron chi connectivity index (χ3n) is 4.63. The largest absolute Gasteiger partial charge is 0.420 e. The molecule has 162 valence electrons. The van der Waals surface area contributed by atoms with E-state index in [1.165, 1.54) is 12.1 Å². The first-order chi connectivity index (χ1) is 12.8. The lowest BCUT2D eigenvalue weighted by Crippen LogP contribution is -2.30. The van der Waals surface area contributed by atoms with Crippen molar-refractivity contribution in [2.75, 3.05) is 53.4 Å². The van der Waals surface area contributed by atoms with E-state index in [2.05, 4.69) is 33.1 Å². The van der Waals surface area contributed by atoms with E-state index in [1.807, 2.05) is 7.11 Å². The summed E-state index contributed by atoms with van der Waals surface area (Å²) in [5, 5.41) is 0. The fourth-order valence-corrected chi connectivity index (χ4v) is 5.64. The molecule has 27 heavy (non-hydrogen) atoms. The Balaban J connectivity index is 0.000000271. The zero-order chi connectivity index (χ0) is 20.2. The monoisotopic (exact) mass is 422 g/mol. The van der Waals surface area contributed by atoms with Gasteiger partial charge in [-0.2, -0.15) is 0 Å². The molecule has 0 saturated carbocycles. The minimum Gasteiger partial charge on any atom is -0.420 e. The maximum Gasteiger partial charge on any atom is 0.186 e. The Labute approximate surface area is 168 Å². The Morgan fingerprint density at radius 1 is 0.815 bits per heavy atom. The highest BCUT2D eigenvalue weighted by Gasteiger charge is 2.24. The molecule has 2 saturated heterocycles. The Morgan fingerprint density at radius 3 is 1.63 bits per heavy atom. The van der Waals surface area contributed by atoms with Gasteiger partial charge in [0.15, 0.2) is 16.6 Å². The van der Waals surface area contributed by atoms with Crippen molar-refractivity contribution < 1.29 is 27.8 Å². The first-order valence-corrected chi connectivity index (χ1v) is 16.6. The average molecular weight is 423 g/mol. The van der Waals surface area contributed by atoms with Crippen molar-refractivity contribution in [3.05, 3.63) is 0 Å². The van der Waals surface area contributed by atoms with Gasteiger partial charge in [0.1, 0.15) is 12.2 Å². The average Bonchev–Trinajstić information content (AvgIpc) is 3.49. The van der Waals surface area contributed by atoms with Crippen molar-refractivity contribution in [2.24, 2.45) is 0 Å². The van der Waals surface area contributed by atoms with Crippen LogP contribution in [0.15, 0.2) is 0 Å². The second-order valence-electron chi connectivity index (χ2n) is 8.42. The van der Waals surface area contributed by atoms with Crippen molar-refractivity contribution in [3.63, 3.8) is 0 Å². The van der Waals surface area contributed by atoms with E-state index in [0.29, 0.717) is 12.2 Å². The highest BCUT2D eigenvalue weighted by atomic mass is 28.4. The van der Waals surface area contributed by atoms with Gasteiger partial charge in [0.25, 0.3) is 0 Å². The fourth-order valence-electron chi connectivity index (χ4n) is 2.52. The van der Waals surface area contributed by atoms with Gasteiger partial charge in [0.2, 0.25) is 0 Å². The topological polar surface area (TPSA) is 62.0 Å². The van der Waals surface area contributed by atoms with Crippen molar-refractivity contribution in [3.8, 4) is 0 Å². The maximum atomic E-state index is 5.73. The first-order valence-electron chi connectivity index (χ1n) is 10.4. The van der Waals surface area contributed by atoms with Crippen LogP contribution in [0.4, 0.5) is 0 Å². The molecular formula is C19H42O6Si2. The lowest BCUT2D eigenvalue weighted by Gasteiger charge is -2.21. The highest BCUT2D eigenvalue weighted by Crippen LogP contribution is 2.15. The van der Waals surface area contributed by atoms with Gasteiger partial charge in [-0.25, -0.2) is 0 Å². The van der Waals surface area contributed by atoms with Gasteiger partial charge >= 0.3 is 0 Å². The summed E-state index contributed by atoms with van der Waals surface area (Å²) in [5.74, 6) is 0. The molecule has 0 aliphatic carbocycles. The van der Waals surface area contributed by atoms with Crippen molar-refractivity contribution in [1.82, 2.24) is 0 Å². The molecule has 8 heteroatoms. The second-order valence-corrected chi connectivity index (χ2v) is 17.2. The molecule has 2 rings (SSSR count). The molecule has 2 atom stereocenters. The molecule has 0 aromatic rings. The van der Waals surface area contributed by atoms with Crippen LogP contribution in [-0.2, 0) is 27.8 Å². The summed E-state index contributed by atoms with van der Waals surface area (Å²) in [6.45, 7) is 16.9. The Kier molecular flexibility index (Phi) is 12.5. The molecule has 0 aromatic carbocycles. The second kappa shape index (κ2) is 13.4. The van der Waals surface area contributed by atoms with Crippen LogP contribution in [0.2, 0.25) is 38.3 Å². The standard InChI is InChI=1S/C10H22O3Si.C9H20O3Si/c1-4-13-14(2,3)7-5-6-11-8-10-9-12-10;1-10-13(2,3)6-4-5-11-7-9-8-12-9/h10H,4-9H2,1-3H3;9H,4-8H2,1-3H3. The number of ether oxygens (including phenoxy) is 4. The van der Waals surface area contributed by atoms with E-state index >= 15 is 0 Å². The van der Waals surface area contributed by atoms with Gasteiger partial charge in [0.05, 0.1) is 26.4 Å². The van der Waals surface area contributed by atoms with Gasteiger partial charge < -0.3 is 27.8 Å². The maximum absolute atomic E-state index is 5.73. The smallest absolute Gasteiger partial charge is 0.186 e. The molecule has 2 unspecified atom stereocenters. The summed E-state index contributed by atoms with van der Waals surface area (Å²) in [6.07, 6.45) is 3.02. The Bertz CT molecular complexity index is 373. The number of epoxide rings is 2. The summed E-state index contributed by atoms with van der Waals surface area (Å²) >= 11 is 0. The van der Waals surface area contributed by atoms with E-state index in [4.69, 9.17) is 27.8 Å². The van der Waals surface area contributed by atoms with Gasteiger partial charge in [-0.3, -0.25) is 0 Å². The lowest BCUT2D eigenvalue weighted by atomic mass is 10.5. The molecule has 0 amide bonds. The number of rotatable bonds is 15. The summed E-state index contributed by atoms with van der Waals surface area (Å²) < 4.78 is 32.2. The van der Waals surface area contributed by atoms with Crippen LogP contribution in [0.1, 0.15) is 19.8 Å². The van der Waals surface area contributed by atoms with E-state index in [1.54, 1.807) is 0 Å². The molecule has 6 nitrogen and oxygen atoms in total. The third kappa shape index (κ3) is 15.8. The number of hydrogen-bond donors (Lipinski definition) is 0. The van der Waals surface area contributed by atoms with E-state index < -0.39 is 16.6 Å². The van der Waals surface area contributed by atoms with Crippen LogP contribution in [0.25, 0.3) is 0 Å². The first kappa shape index (κ1) is 25.2. The summed E-state index contributed by atoms with van der Waals surface area (Å²) in [7, 11) is -0.916. The molecule has 0 spiro atoms. The number of hydrogen-bond acceptors (Lipinski definition) is 6. The Hall–Kier alpha value is 0.194. The molecule has 2 heterocycles. The molecule has 2 aliphatic rings. The molecular weight excluding hydrogens is 380 g/mol. The summed E-state index contributed by atoms with van der Waals surface area (Å²) in [4.78, 5) is 0. The van der Waals surface area contributed by atoms with Gasteiger partial charge in [-0.1, -0.05) is 0 Å². The third-order valence-corrected chi connectivity index (χ3v) is 9.93. The van der Waals surface area contributed by atoms with Crippen LogP contribution in [0, 0.1) is 0 Å². The molecule has 0 bridgehead atoms. The SMILES string of the molecule is CCO[Si](C)(C)CCCOCC1CO1.CO[Si](C)(C)CCCOCC1CO1. The van der Waals surface area contributed by atoms with Crippen molar-refractivity contribution in [1.29, 1.82) is 0 Å². The zero-order valence-corrected chi connectivity index (χ0v) is 20.4. The van der Waals surface area contributed by atoms with Crippen molar-refractivity contribution in [2.45, 2.75) is 70.2 Å². The normalized spacial score (nSPS) is 21.6. The van der Waals surface area contributed by atoms with E-state index in [-0.39, 0.29) is 0 Å². The minimum atomic E-state index is -1.38. The molecule has 0 radical (unpaired) electrons. The van der Waals surface area contributed by atoms with Crippen LogP contribution in [-0.4, -0.2) is 82.2 Å². The van der Waals surface area contributed by atoms with Crippen molar-refractivity contribution >= 4 is 16.6 Å². The highest BCUT2D eigenvalue weighted by molar-refractivity contribution is 6.71. The molecule has 2 fully saturated rings. The predicted octanol–water partition coefficient (Wildman–Crippen LogP) is 3.68. The Morgan fingerprint density at radius 2 is 1.26 bits per heavy atom. The summed E-state index contributed by atoms with van der Waals surface area (Å²) in [6, 6.07) is 2.36. The fraction of sp³-hybridized carbons (Fsp3) is 1.00. The quantitative estimate of drug-likeness (QED) is 0.228. The van der Waals surface area contributed by atoms with E-state index in [0.717, 1.165) is 59.1 Å². The van der Waals surface area contributed by atoms with Gasteiger partial charge in [-0.15, -0.1) is 0 Å². The lowest BCUT2D eigenvalue weighted by molar-refractivity contribution is 0.116. The molecule has 2 aliphatic heterocycles. The predicted molar refractivity (Wildman–Crippen MR) is 114 cm³/mol. The van der Waals surface area contributed by atoms with Crippen LogP contribution >= 0.6 is 0 Å². The van der Waals surface area contributed by atoms with Crippen LogP contribution in [0.5, 0.6) is 0 Å². The van der Waals surface area contributed by atoms with Crippen LogP contribution in [0.3, 0.4) is 0 Å². The molecule has 0 aromatic heterocycles. The van der Waals surface area contributed by atoms with Crippen LogP contribution < -0.4 is 0 Å². The summed E-state index contributed by atoms with van der Waals surface area (Å²) in [5.41, 5.74) is 0. The molecule has 0 N–H and O–H groups in total.